The quantitative estimate of drug-likeness (QED) is 0.779. The molecule has 100 valence electrons. The van der Waals surface area contributed by atoms with Gasteiger partial charge < -0.3 is 9.73 Å². The molecule has 2 aromatic carbocycles. The van der Waals surface area contributed by atoms with Crippen molar-refractivity contribution in [3.63, 3.8) is 0 Å². The van der Waals surface area contributed by atoms with Crippen LogP contribution in [0.15, 0.2) is 65.1 Å². The van der Waals surface area contributed by atoms with Gasteiger partial charge >= 0.3 is 0 Å². The summed E-state index contributed by atoms with van der Waals surface area (Å²) in [6.07, 6.45) is 0. The molecule has 0 radical (unpaired) electrons. The Morgan fingerprint density at radius 3 is 2.50 bits per heavy atom. The Labute approximate surface area is 117 Å². The first-order valence-electron chi connectivity index (χ1n) is 6.58. The lowest BCUT2D eigenvalue weighted by molar-refractivity contribution is 0.0914. The number of amides is 1. The second-order valence-corrected chi connectivity index (χ2v) is 4.75. The maximum atomic E-state index is 12.2. The highest BCUT2D eigenvalue weighted by atomic mass is 16.3. The van der Waals surface area contributed by atoms with Crippen molar-refractivity contribution in [1.29, 1.82) is 0 Å². The van der Waals surface area contributed by atoms with Gasteiger partial charge in [0.25, 0.3) is 5.91 Å². The van der Waals surface area contributed by atoms with E-state index in [0.29, 0.717) is 5.76 Å². The zero-order chi connectivity index (χ0) is 13.9. The highest BCUT2D eigenvalue weighted by Crippen LogP contribution is 2.19. The first kappa shape index (κ1) is 12.5. The number of hydrogen-bond donors (Lipinski definition) is 1. The molecule has 1 N–H and O–H groups in total. The second-order valence-electron chi connectivity index (χ2n) is 4.75. The van der Waals surface area contributed by atoms with E-state index in [1.54, 1.807) is 6.07 Å². The Morgan fingerprint density at radius 1 is 1.05 bits per heavy atom. The second kappa shape index (κ2) is 5.21. The summed E-state index contributed by atoms with van der Waals surface area (Å²) in [4.78, 5) is 12.2. The monoisotopic (exact) mass is 265 g/mol. The predicted octanol–water partition coefficient (Wildman–Crippen LogP) is 3.92. The number of benzene rings is 2. The van der Waals surface area contributed by atoms with Crippen LogP contribution < -0.4 is 5.32 Å². The summed E-state index contributed by atoms with van der Waals surface area (Å²) in [5.41, 5.74) is 1.79. The van der Waals surface area contributed by atoms with Crippen molar-refractivity contribution < 1.29 is 9.21 Å². The van der Waals surface area contributed by atoms with Gasteiger partial charge in [-0.15, -0.1) is 0 Å². The summed E-state index contributed by atoms with van der Waals surface area (Å²) in [5.74, 6) is 0.145. The lowest BCUT2D eigenvalue weighted by atomic mass is 10.1. The fourth-order valence-electron chi connectivity index (χ4n) is 2.19. The maximum Gasteiger partial charge on any atom is 0.287 e. The van der Waals surface area contributed by atoms with E-state index < -0.39 is 0 Å². The van der Waals surface area contributed by atoms with Crippen LogP contribution in [-0.4, -0.2) is 5.91 Å². The van der Waals surface area contributed by atoms with Gasteiger partial charge in [0.2, 0.25) is 0 Å². The van der Waals surface area contributed by atoms with Gasteiger partial charge in [-0.25, -0.2) is 0 Å². The zero-order valence-corrected chi connectivity index (χ0v) is 11.2. The average Bonchev–Trinajstić information content (AvgIpc) is 2.92. The van der Waals surface area contributed by atoms with Gasteiger partial charge in [0.05, 0.1) is 6.04 Å². The summed E-state index contributed by atoms with van der Waals surface area (Å²) in [7, 11) is 0. The topological polar surface area (TPSA) is 42.2 Å². The predicted molar refractivity (Wildman–Crippen MR) is 78.5 cm³/mol. The first-order valence-corrected chi connectivity index (χ1v) is 6.58. The van der Waals surface area contributed by atoms with Crippen molar-refractivity contribution in [3.05, 3.63) is 72.0 Å². The first-order chi connectivity index (χ1) is 9.74. The summed E-state index contributed by atoms with van der Waals surface area (Å²) in [5, 5.41) is 3.88. The Bertz CT molecular complexity index is 698. The van der Waals surface area contributed by atoms with Gasteiger partial charge in [-0.2, -0.15) is 0 Å². The molecule has 0 fully saturated rings. The van der Waals surface area contributed by atoms with Crippen LogP contribution in [0.3, 0.4) is 0 Å². The van der Waals surface area contributed by atoms with Crippen molar-refractivity contribution in [2.45, 2.75) is 13.0 Å². The molecule has 0 unspecified atom stereocenters. The van der Waals surface area contributed by atoms with Crippen molar-refractivity contribution in [2.75, 3.05) is 0 Å². The molecule has 3 rings (SSSR count). The number of rotatable bonds is 3. The molecule has 0 aliphatic heterocycles. The van der Waals surface area contributed by atoms with E-state index >= 15 is 0 Å². The minimum Gasteiger partial charge on any atom is -0.451 e. The van der Waals surface area contributed by atoms with Gasteiger partial charge in [0.1, 0.15) is 5.58 Å². The molecular weight excluding hydrogens is 250 g/mol. The van der Waals surface area contributed by atoms with Crippen LogP contribution in [0.2, 0.25) is 0 Å². The van der Waals surface area contributed by atoms with Crippen LogP contribution in [0.4, 0.5) is 0 Å². The minimum absolute atomic E-state index is 0.0584. The summed E-state index contributed by atoms with van der Waals surface area (Å²) in [6.45, 7) is 1.95. The molecule has 3 heteroatoms. The number of fused-ring (bicyclic) bond motifs is 1. The van der Waals surface area contributed by atoms with Gasteiger partial charge in [-0.05, 0) is 24.6 Å². The standard InChI is InChI=1S/C17H15NO2/c1-12(13-7-3-2-4-8-13)18-17(19)16-11-14-9-5-6-10-15(14)20-16/h2-12H,1H3,(H,18,19)/t12-/m0/s1. The number of nitrogens with one attached hydrogen (secondary N) is 1. The lowest BCUT2D eigenvalue weighted by Gasteiger charge is -2.12. The third kappa shape index (κ3) is 2.43. The molecule has 1 atom stereocenters. The van der Waals surface area contributed by atoms with Gasteiger partial charge in [-0.1, -0.05) is 48.5 Å². The fourth-order valence-corrected chi connectivity index (χ4v) is 2.19. The molecule has 0 aliphatic rings. The van der Waals surface area contributed by atoms with Crippen molar-refractivity contribution in [3.8, 4) is 0 Å². The van der Waals surface area contributed by atoms with E-state index in [2.05, 4.69) is 5.32 Å². The van der Waals surface area contributed by atoms with Crippen molar-refractivity contribution >= 4 is 16.9 Å². The molecule has 20 heavy (non-hydrogen) atoms. The van der Waals surface area contributed by atoms with E-state index in [4.69, 9.17) is 4.42 Å². The Balaban J connectivity index is 1.79. The Kier molecular flexibility index (Phi) is 3.25. The SMILES string of the molecule is C[C@H](NC(=O)c1cc2ccccc2o1)c1ccccc1. The molecule has 3 nitrogen and oxygen atoms in total. The molecule has 1 amide bonds. The molecule has 1 heterocycles. The number of furan rings is 1. The fraction of sp³-hybridized carbons (Fsp3) is 0.118. The molecule has 0 saturated heterocycles. The van der Waals surface area contributed by atoms with Crippen LogP contribution in [-0.2, 0) is 0 Å². The smallest absolute Gasteiger partial charge is 0.287 e. The lowest BCUT2D eigenvalue weighted by Crippen LogP contribution is -2.26. The molecule has 0 aliphatic carbocycles. The van der Waals surface area contributed by atoms with E-state index in [1.165, 1.54) is 0 Å². The number of hydrogen-bond acceptors (Lipinski definition) is 2. The molecular formula is C17H15NO2. The van der Waals surface area contributed by atoms with E-state index in [0.717, 1.165) is 16.5 Å². The Hall–Kier alpha value is -2.55. The van der Waals surface area contributed by atoms with Crippen molar-refractivity contribution in [1.82, 2.24) is 5.32 Å². The zero-order valence-electron chi connectivity index (χ0n) is 11.2. The molecule has 1 aromatic heterocycles. The van der Waals surface area contributed by atoms with Crippen LogP contribution in [0.5, 0.6) is 0 Å². The van der Waals surface area contributed by atoms with Gasteiger partial charge in [0, 0.05) is 5.39 Å². The normalized spacial score (nSPS) is 12.2. The van der Waals surface area contributed by atoms with Crippen LogP contribution in [0, 0.1) is 0 Å². The average molecular weight is 265 g/mol. The number of carbonyl (C=O) groups excluding carboxylic acids is 1. The molecule has 3 aromatic rings. The van der Waals surface area contributed by atoms with Crippen LogP contribution in [0.25, 0.3) is 11.0 Å². The van der Waals surface area contributed by atoms with E-state index in [1.807, 2.05) is 61.5 Å². The highest BCUT2D eigenvalue weighted by molar-refractivity contribution is 5.96. The molecule has 0 saturated carbocycles. The molecule has 0 spiro atoms. The number of para-hydroxylation sites is 1. The highest BCUT2D eigenvalue weighted by Gasteiger charge is 2.15. The van der Waals surface area contributed by atoms with E-state index in [-0.39, 0.29) is 11.9 Å². The summed E-state index contributed by atoms with van der Waals surface area (Å²) in [6, 6.07) is 19.2. The summed E-state index contributed by atoms with van der Waals surface area (Å²) >= 11 is 0. The van der Waals surface area contributed by atoms with Crippen LogP contribution >= 0.6 is 0 Å². The van der Waals surface area contributed by atoms with Crippen molar-refractivity contribution in [2.24, 2.45) is 0 Å². The third-order valence-corrected chi connectivity index (χ3v) is 3.30. The summed E-state index contributed by atoms with van der Waals surface area (Å²) < 4.78 is 5.55. The third-order valence-electron chi connectivity index (χ3n) is 3.30. The van der Waals surface area contributed by atoms with E-state index in [9.17, 15) is 4.79 Å². The maximum absolute atomic E-state index is 12.2. The number of carbonyl (C=O) groups is 1. The van der Waals surface area contributed by atoms with Gasteiger partial charge in [-0.3, -0.25) is 4.79 Å². The molecule has 0 bridgehead atoms. The Morgan fingerprint density at radius 2 is 1.75 bits per heavy atom. The minimum atomic E-state index is -0.197. The largest absolute Gasteiger partial charge is 0.451 e. The van der Waals surface area contributed by atoms with Crippen LogP contribution in [0.1, 0.15) is 29.1 Å². The van der Waals surface area contributed by atoms with Gasteiger partial charge in [0.15, 0.2) is 5.76 Å².